The molecular formula is C16H25N3O4S. The molecule has 8 heteroatoms. The molecule has 1 saturated heterocycles. The summed E-state index contributed by atoms with van der Waals surface area (Å²) in [4.78, 5) is 12.5. The number of nitrogens with two attached hydrogens (primary N) is 1. The summed E-state index contributed by atoms with van der Waals surface area (Å²) in [5.41, 5.74) is 5.99. The minimum Gasteiger partial charge on any atom is -0.492 e. The van der Waals surface area contributed by atoms with E-state index in [1.807, 2.05) is 6.92 Å². The van der Waals surface area contributed by atoms with E-state index < -0.39 is 16.1 Å². The quantitative estimate of drug-likeness (QED) is 0.729. The number of carbonyl (C=O) groups excluding carboxylic acids is 1. The Labute approximate surface area is 143 Å². The van der Waals surface area contributed by atoms with Crippen LogP contribution in [-0.2, 0) is 14.8 Å². The second-order valence-electron chi connectivity index (χ2n) is 5.74. The van der Waals surface area contributed by atoms with E-state index in [2.05, 4.69) is 5.32 Å². The van der Waals surface area contributed by atoms with Crippen molar-refractivity contribution >= 4 is 21.6 Å². The predicted molar refractivity (Wildman–Crippen MR) is 93.4 cm³/mol. The first-order valence-electron chi connectivity index (χ1n) is 8.21. The molecule has 1 fully saturated rings. The minimum atomic E-state index is -3.37. The first-order chi connectivity index (χ1) is 11.5. The summed E-state index contributed by atoms with van der Waals surface area (Å²) in [6.07, 6.45) is 1.79. The Morgan fingerprint density at radius 3 is 2.71 bits per heavy atom. The second kappa shape index (κ2) is 8.46. The van der Waals surface area contributed by atoms with Crippen LogP contribution >= 0.6 is 0 Å². The molecule has 3 N–H and O–H groups in total. The van der Waals surface area contributed by atoms with E-state index in [9.17, 15) is 13.2 Å². The van der Waals surface area contributed by atoms with E-state index in [0.717, 1.165) is 0 Å². The van der Waals surface area contributed by atoms with Gasteiger partial charge in [0.05, 0.1) is 5.75 Å². The highest BCUT2D eigenvalue weighted by molar-refractivity contribution is 7.89. The number of nitrogens with zero attached hydrogens (tertiary/aromatic N) is 1. The normalized spacial score (nSPS) is 18.5. The molecule has 0 aromatic heterocycles. The lowest BCUT2D eigenvalue weighted by Gasteiger charge is -2.23. The van der Waals surface area contributed by atoms with E-state index in [-0.39, 0.29) is 11.7 Å². The number of hydrogen-bond donors (Lipinski definition) is 2. The van der Waals surface area contributed by atoms with Crippen LogP contribution in [0, 0.1) is 0 Å². The van der Waals surface area contributed by atoms with Crippen LogP contribution in [0.2, 0.25) is 0 Å². The van der Waals surface area contributed by atoms with Crippen LogP contribution < -0.4 is 15.8 Å². The third kappa shape index (κ3) is 4.68. The number of anilines is 1. The molecule has 1 amide bonds. The maximum atomic E-state index is 12.5. The van der Waals surface area contributed by atoms with Gasteiger partial charge >= 0.3 is 0 Å². The maximum Gasteiger partial charge on any atom is 0.242 e. The summed E-state index contributed by atoms with van der Waals surface area (Å²) in [5.74, 6) is 0.457. The molecule has 7 nitrogen and oxygen atoms in total. The fourth-order valence-corrected chi connectivity index (χ4v) is 4.49. The van der Waals surface area contributed by atoms with Gasteiger partial charge in [0.2, 0.25) is 15.9 Å². The van der Waals surface area contributed by atoms with Gasteiger partial charge in [0, 0.05) is 18.8 Å². The number of sulfonamides is 1. The van der Waals surface area contributed by atoms with Crippen molar-refractivity contribution in [1.29, 1.82) is 0 Å². The van der Waals surface area contributed by atoms with Gasteiger partial charge in [0.1, 0.15) is 18.4 Å². The van der Waals surface area contributed by atoms with Gasteiger partial charge in [0.15, 0.2) is 0 Å². The van der Waals surface area contributed by atoms with Crippen LogP contribution in [0.25, 0.3) is 0 Å². The molecule has 0 radical (unpaired) electrons. The molecule has 0 bridgehead atoms. The fraction of sp³-hybridized carbons (Fsp3) is 0.562. The van der Waals surface area contributed by atoms with E-state index in [0.29, 0.717) is 50.4 Å². The van der Waals surface area contributed by atoms with Gasteiger partial charge in [-0.15, -0.1) is 0 Å². The SMILES string of the molecule is CCCS(=O)(=O)N1CCCC1C(=O)Nc1ccc(OCCN)cc1. The zero-order chi connectivity index (χ0) is 17.6. The second-order valence-corrected chi connectivity index (χ2v) is 7.78. The Morgan fingerprint density at radius 2 is 2.08 bits per heavy atom. The van der Waals surface area contributed by atoms with Crippen LogP contribution in [0.5, 0.6) is 5.75 Å². The molecule has 1 aliphatic rings. The highest BCUT2D eigenvalue weighted by Gasteiger charge is 2.37. The molecule has 0 aliphatic carbocycles. The van der Waals surface area contributed by atoms with Gasteiger partial charge in [-0.05, 0) is 43.5 Å². The molecule has 0 spiro atoms. The number of nitrogens with one attached hydrogen (secondary N) is 1. The third-order valence-electron chi connectivity index (χ3n) is 3.83. The summed E-state index contributed by atoms with van der Waals surface area (Å²) in [6, 6.07) is 6.30. The summed E-state index contributed by atoms with van der Waals surface area (Å²) < 4.78 is 31.2. The summed E-state index contributed by atoms with van der Waals surface area (Å²) in [7, 11) is -3.37. The van der Waals surface area contributed by atoms with Gasteiger partial charge < -0.3 is 15.8 Å². The van der Waals surface area contributed by atoms with Crippen LogP contribution in [0.15, 0.2) is 24.3 Å². The molecule has 1 aromatic rings. The van der Waals surface area contributed by atoms with E-state index >= 15 is 0 Å². The lowest BCUT2D eigenvalue weighted by Crippen LogP contribution is -2.44. The predicted octanol–water partition coefficient (Wildman–Crippen LogP) is 1.17. The summed E-state index contributed by atoms with van der Waals surface area (Å²) in [5, 5.41) is 2.79. The molecular weight excluding hydrogens is 330 g/mol. The number of hydrogen-bond acceptors (Lipinski definition) is 5. The van der Waals surface area contributed by atoms with Crippen molar-refractivity contribution in [1.82, 2.24) is 4.31 Å². The monoisotopic (exact) mass is 355 g/mol. The minimum absolute atomic E-state index is 0.0734. The van der Waals surface area contributed by atoms with Gasteiger partial charge in [0.25, 0.3) is 0 Å². The molecule has 1 atom stereocenters. The van der Waals surface area contributed by atoms with Gasteiger partial charge in [-0.1, -0.05) is 6.92 Å². The zero-order valence-corrected chi connectivity index (χ0v) is 14.7. The standard InChI is InChI=1S/C16H25N3O4S/c1-2-12-24(21,22)19-10-3-4-15(19)16(20)18-13-5-7-14(8-6-13)23-11-9-17/h5-8,15H,2-4,9-12,17H2,1H3,(H,18,20). The van der Waals surface area contributed by atoms with Crippen molar-refractivity contribution in [3.63, 3.8) is 0 Å². The van der Waals surface area contributed by atoms with Crippen molar-refractivity contribution in [2.24, 2.45) is 5.73 Å². The molecule has 1 unspecified atom stereocenters. The van der Waals surface area contributed by atoms with Crippen LogP contribution in [0.4, 0.5) is 5.69 Å². The van der Waals surface area contributed by atoms with Crippen LogP contribution in [0.1, 0.15) is 26.2 Å². The topological polar surface area (TPSA) is 102 Å². The van der Waals surface area contributed by atoms with E-state index in [4.69, 9.17) is 10.5 Å². The van der Waals surface area contributed by atoms with E-state index in [1.54, 1.807) is 24.3 Å². The lowest BCUT2D eigenvalue weighted by atomic mass is 10.2. The highest BCUT2D eigenvalue weighted by Crippen LogP contribution is 2.24. The Kier molecular flexibility index (Phi) is 6.59. The average molecular weight is 355 g/mol. The van der Waals surface area contributed by atoms with Gasteiger partial charge in [-0.3, -0.25) is 4.79 Å². The van der Waals surface area contributed by atoms with Crippen LogP contribution in [-0.4, -0.2) is 50.1 Å². The van der Waals surface area contributed by atoms with Crippen LogP contribution in [0.3, 0.4) is 0 Å². The highest BCUT2D eigenvalue weighted by atomic mass is 32.2. The fourth-order valence-electron chi connectivity index (χ4n) is 2.75. The largest absolute Gasteiger partial charge is 0.492 e. The molecule has 134 valence electrons. The molecule has 1 aromatic carbocycles. The molecule has 0 saturated carbocycles. The number of rotatable bonds is 8. The molecule has 1 aliphatic heterocycles. The number of amides is 1. The smallest absolute Gasteiger partial charge is 0.242 e. The van der Waals surface area contributed by atoms with Gasteiger partial charge in [-0.25, -0.2) is 8.42 Å². The lowest BCUT2D eigenvalue weighted by molar-refractivity contribution is -0.119. The van der Waals surface area contributed by atoms with Crippen molar-refractivity contribution in [3.8, 4) is 5.75 Å². The van der Waals surface area contributed by atoms with Crippen molar-refractivity contribution < 1.29 is 17.9 Å². The molecule has 1 heterocycles. The Morgan fingerprint density at radius 1 is 1.38 bits per heavy atom. The first kappa shape index (κ1) is 18.7. The van der Waals surface area contributed by atoms with E-state index in [1.165, 1.54) is 4.31 Å². The first-order valence-corrected chi connectivity index (χ1v) is 9.82. The Hall–Kier alpha value is -1.64. The average Bonchev–Trinajstić information content (AvgIpc) is 3.05. The van der Waals surface area contributed by atoms with Crippen molar-refractivity contribution in [2.75, 3.05) is 30.8 Å². The number of carbonyl (C=O) groups is 1. The third-order valence-corrected chi connectivity index (χ3v) is 5.91. The zero-order valence-electron chi connectivity index (χ0n) is 13.9. The summed E-state index contributed by atoms with van der Waals surface area (Å²) >= 11 is 0. The maximum absolute atomic E-state index is 12.5. The van der Waals surface area contributed by atoms with Crippen molar-refractivity contribution in [3.05, 3.63) is 24.3 Å². The van der Waals surface area contributed by atoms with Gasteiger partial charge in [-0.2, -0.15) is 4.31 Å². The Balaban J connectivity index is 2.00. The molecule has 2 rings (SSSR count). The number of ether oxygens (including phenoxy) is 1. The summed E-state index contributed by atoms with van der Waals surface area (Å²) in [6.45, 7) is 3.09. The number of benzene rings is 1. The van der Waals surface area contributed by atoms with Crippen molar-refractivity contribution in [2.45, 2.75) is 32.2 Å². The molecule has 24 heavy (non-hydrogen) atoms. The Bertz CT molecular complexity index is 646.